The Kier molecular flexibility index (Phi) is 5.57. The van der Waals surface area contributed by atoms with Crippen molar-refractivity contribution in [3.63, 3.8) is 0 Å². The molecule has 1 heterocycles. The molecular formula is C11H20N4O3. The van der Waals surface area contributed by atoms with Crippen molar-refractivity contribution < 1.29 is 14.4 Å². The highest BCUT2D eigenvalue weighted by atomic mass is 16.2. The molecule has 1 rings (SSSR count). The van der Waals surface area contributed by atoms with Gasteiger partial charge in [0.1, 0.15) is 0 Å². The summed E-state index contributed by atoms with van der Waals surface area (Å²) in [5, 5.41) is 5.55. The molecule has 18 heavy (non-hydrogen) atoms. The molecule has 0 saturated carbocycles. The van der Waals surface area contributed by atoms with Crippen LogP contribution in [0.4, 0.5) is 0 Å². The SMILES string of the molecule is CCN(CC(=O)NC)C(=O)C(=O)N1CCNCC1. The number of rotatable bonds is 3. The summed E-state index contributed by atoms with van der Waals surface area (Å²) >= 11 is 0. The Labute approximate surface area is 106 Å². The molecule has 3 amide bonds. The fourth-order valence-corrected chi connectivity index (χ4v) is 1.72. The van der Waals surface area contributed by atoms with Gasteiger partial charge in [0.15, 0.2) is 0 Å². The number of carbonyl (C=O) groups is 3. The predicted octanol–water partition coefficient (Wildman–Crippen LogP) is -1.99. The highest BCUT2D eigenvalue weighted by Gasteiger charge is 2.27. The van der Waals surface area contributed by atoms with E-state index in [1.807, 2.05) is 0 Å². The van der Waals surface area contributed by atoms with Gasteiger partial charge in [-0.05, 0) is 6.92 Å². The second-order valence-corrected chi connectivity index (χ2v) is 4.03. The lowest BCUT2D eigenvalue weighted by Gasteiger charge is -2.29. The Bertz CT molecular complexity index is 326. The Morgan fingerprint density at radius 2 is 1.89 bits per heavy atom. The third kappa shape index (κ3) is 3.69. The van der Waals surface area contributed by atoms with E-state index in [2.05, 4.69) is 10.6 Å². The highest BCUT2D eigenvalue weighted by Crippen LogP contribution is 1.98. The monoisotopic (exact) mass is 256 g/mol. The van der Waals surface area contributed by atoms with E-state index in [1.54, 1.807) is 6.92 Å². The van der Waals surface area contributed by atoms with Gasteiger partial charge in [-0.25, -0.2) is 0 Å². The van der Waals surface area contributed by atoms with E-state index in [0.29, 0.717) is 32.7 Å². The lowest BCUT2D eigenvalue weighted by atomic mass is 10.3. The summed E-state index contributed by atoms with van der Waals surface area (Å²) in [7, 11) is 1.50. The molecule has 0 unspecified atom stereocenters. The van der Waals surface area contributed by atoms with Crippen molar-refractivity contribution in [3.8, 4) is 0 Å². The lowest BCUT2D eigenvalue weighted by molar-refractivity contribution is -0.152. The van der Waals surface area contributed by atoms with Crippen LogP contribution in [0.1, 0.15) is 6.92 Å². The van der Waals surface area contributed by atoms with E-state index < -0.39 is 11.8 Å². The van der Waals surface area contributed by atoms with Crippen LogP contribution in [0.15, 0.2) is 0 Å². The lowest BCUT2D eigenvalue weighted by Crippen LogP contribution is -2.53. The molecule has 0 atom stereocenters. The van der Waals surface area contributed by atoms with E-state index in [4.69, 9.17) is 0 Å². The van der Waals surface area contributed by atoms with Crippen LogP contribution in [0.5, 0.6) is 0 Å². The predicted molar refractivity (Wildman–Crippen MR) is 65.8 cm³/mol. The number of piperazine rings is 1. The van der Waals surface area contributed by atoms with Gasteiger partial charge in [-0.1, -0.05) is 0 Å². The molecule has 0 bridgehead atoms. The zero-order valence-electron chi connectivity index (χ0n) is 10.9. The fraction of sp³-hybridized carbons (Fsp3) is 0.727. The summed E-state index contributed by atoms with van der Waals surface area (Å²) in [6.07, 6.45) is 0. The number of likely N-dealkylation sites (N-methyl/N-ethyl adjacent to an activating group) is 2. The minimum atomic E-state index is -0.608. The Balaban J connectivity index is 2.59. The van der Waals surface area contributed by atoms with E-state index in [9.17, 15) is 14.4 Å². The molecule has 1 saturated heterocycles. The second-order valence-electron chi connectivity index (χ2n) is 4.03. The molecule has 0 aromatic carbocycles. The number of amides is 3. The molecule has 1 aliphatic rings. The first-order chi connectivity index (χ1) is 8.60. The topological polar surface area (TPSA) is 81.8 Å². The number of hydrogen-bond acceptors (Lipinski definition) is 4. The molecule has 0 radical (unpaired) electrons. The van der Waals surface area contributed by atoms with Gasteiger partial charge in [-0.3, -0.25) is 14.4 Å². The Morgan fingerprint density at radius 3 is 2.39 bits per heavy atom. The maximum atomic E-state index is 12.0. The number of nitrogens with one attached hydrogen (secondary N) is 2. The molecule has 2 N–H and O–H groups in total. The first kappa shape index (κ1) is 14.4. The molecule has 7 nitrogen and oxygen atoms in total. The minimum Gasteiger partial charge on any atom is -0.358 e. The maximum Gasteiger partial charge on any atom is 0.312 e. The summed E-state index contributed by atoms with van der Waals surface area (Å²) < 4.78 is 0. The van der Waals surface area contributed by atoms with Crippen molar-refractivity contribution in [2.24, 2.45) is 0 Å². The number of hydrogen-bond donors (Lipinski definition) is 2. The van der Waals surface area contributed by atoms with Crippen LogP contribution in [0.25, 0.3) is 0 Å². The van der Waals surface area contributed by atoms with Crippen LogP contribution < -0.4 is 10.6 Å². The van der Waals surface area contributed by atoms with E-state index in [-0.39, 0.29) is 12.5 Å². The third-order valence-corrected chi connectivity index (χ3v) is 2.87. The zero-order chi connectivity index (χ0) is 13.5. The molecule has 0 spiro atoms. The van der Waals surface area contributed by atoms with Gasteiger partial charge in [0.2, 0.25) is 5.91 Å². The highest BCUT2D eigenvalue weighted by molar-refractivity contribution is 6.35. The van der Waals surface area contributed by atoms with Crippen LogP contribution in [-0.2, 0) is 14.4 Å². The fourth-order valence-electron chi connectivity index (χ4n) is 1.72. The number of nitrogens with zero attached hydrogens (tertiary/aromatic N) is 2. The molecule has 0 aliphatic carbocycles. The molecule has 0 aromatic heterocycles. The average Bonchev–Trinajstić information content (AvgIpc) is 2.43. The maximum absolute atomic E-state index is 12.0. The summed E-state index contributed by atoms with van der Waals surface area (Å²) in [5.74, 6) is -1.41. The van der Waals surface area contributed by atoms with Gasteiger partial charge in [-0.2, -0.15) is 0 Å². The quantitative estimate of drug-likeness (QED) is 0.573. The van der Waals surface area contributed by atoms with Crippen molar-refractivity contribution in [2.45, 2.75) is 6.92 Å². The molecule has 1 aliphatic heterocycles. The molecule has 102 valence electrons. The van der Waals surface area contributed by atoms with Crippen LogP contribution in [0.3, 0.4) is 0 Å². The largest absolute Gasteiger partial charge is 0.358 e. The second kappa shape index (κ2) is 6.95. The van der Waals surface area contributed by atoms with Gasteiger partial charge in [0.05, 0.1) is 6.54 Å². The summed E-state index contributed by atoms with van der Waals surface area (Å²) in [6.45, 7) is 4.45. The zero-order valence-corrected chi connectivity index (χ0v) is 10.9. The normalized spacial score (nSPS) is 15.1. The van der Waals surface area contributed by atoms with Crippen molar-refractivity contribution in [1.29, 1.82) is 0 Å². The molecule has 1 fully saturated rings. The minimum absolute atomic E-state index is 0.0797. The summed E-state index contributed by atoms with van der Waals surface area (Å²) in [4.78, 5) is 37.9. The van der Waals surface area contributed by atoms with Gasteiger partial charge in [-0.15, -0.1) is 0 Å². The average molecular weight is 256 g/mol. The first-order valence-electron chi connectivity index (χ1n) is 6.09. The van der Waals surface area contributed by atoms with Crippen LogP contribution >= 0.6 is 0 Å². The summed E-state index contributed by atoms with van der Waals surface area (Å²) in [6, 6.07) is 0. The van der Waals surface area contributed by atoms with Crippen LogP contribution in [0.2, 0.25) is 0 Å². The smallest absolute Gasteiger partial charge is 0.312 e. The third-order valence-electron chi connectivity index (χ3n) is 2.87. The van der Waals surface area contributed by atoms with Crippen molar-refractivity contribution in [3.05, 3.63) is 0 Å². The van der Waals surface area contributed by atoms with Crippen molar-refractivity contribution in [2.75, 3.05) is 46.3 Å². The molecule has 7 heteroatoms. The van der Waals surface area contributed by atoms with Crippen LogP contribution in [0, 0.1) is 0 Å². The van der Waals surface area contributed by atoms with Gasteiger partial charge < -0.3 is 20.4 Å². The van der Waals surface area contributed by atoms with Crippen molar-refractivity contribution >= 4 is 17.7 Å². The summed E-state index contributed by atoms with van der Waals surface area (Å²) in [5.41, 5.74) is 0. The van der Waals surface area contributed by atoms with Gasteiger partial charge in [0, 0.05) is 39.8 Å². The Morgan fingerprint density at radius 1 is 1.28 bits per heavy atom. The van der Waals surface area contributed by atoms with E-state index >= 15 is 0 Å². The van der Waals surface area contributed by atoms with Crippen molar-refractivity contribution in [1.82, 2.24) is 20.4 Å². The standard InChI is InChI=1S/C11H20N4O3/c1-3-14(8-9(16)12-2)10(17)11(18)15-6-4-13-5-7-15/h13H,3-8H2,1-2H3,(H,12,16). The van der Waals surface area contributed by atoms with Gasteiger partial charge in [0.25, 0.3) is 0 Å². The Hall–Kier alpha value is -1.63. The molecular weight excluding hydrogens is 236 g/mol. The number of carbonyl (C=O) groups excluding carboxylic acids is 3. The van der Waals surface area contributed by atoms with E-state index in [0.717, 1.165) is 0 Å². The first-order valence-corrected chi connectivity index (χ1v) is 6.09. The van der Waals surface area contributed by atoms with E-state index in [1.165, 1.54) is 16.8 Å². The van der Waals surface area contributed by atoms with Gasteiger partial charge >= 0.3 is 11.8 Å². The molecule has 0 aromatic rings. The van der Waals surface area contributed by atoms with Crippen LogP contribution in [-0.4, -0.2) is 73.8 Å².